The molecule has 1 aliphatic carbocycles. The summed E-state index contributed by atoms with van der Waals surface area (Å²) in [5.41, 5.74) is 11.6. The Morgan fingerprint density at radius 1 is 1.00 bits per heavy atom. The zero-order valence-electron chi connectivity index (χ0n) is 34.8. The first-order chi connectivity index (χ1) is 29.7. The Kier molecular flexibility index (Phi) is 15.5. The lowest BCUT2D eigenvalue weighted by molar-refractivity contribution is -0.117. The Morgan fingerprint density at radius 3 is 2.54 bits per heavy atom. The molecule has 0 spiro atoms. The predicted octanol–water partition coefficient (Wildman–Crippen LogP) is 7.76. The lowest BCUT2D eigenvalue weighted by Crippen LogP contribution is -2.46. The van der Waals surface area contributed by atoms with Gasteiger partial charge in [0.1, 0.15) is 23.8 Å². The number of ether oxygens (including phenoxy) is 2. The molecule has 5 N–H and O–H groups in total. The van der Waals surface area contributed by atoms with Crippen LogP contribution in [-0.4, -0.2) is 101 Å². The topological polar surface area (TPSA) is 143 Å². The average molecular weight is 851 g/mol. The molecule has 3 aromatic carbocycles. The van der Waals surface area contributed by atoms with Crippen molar-refractivity contribution in [3.8, 4) is 28.7 Å². The fraction of sp³-hybridized carbons (Fsp3) is 0.426. The number of nitrogens with zero attached hydrogens (tertiary/aromatic N) is 5. The van der Waals surface area contributed by atoms with Crippen LogP contribution in [0.25, 0.3) is 22.2 Å². The van der Waals surface area contributed by atoms with Crippen molar-refractivity contribution in [3.05, 3.63) is 95.0 Å². The van der Waals surface area contributed by atoms with Crippen LogP contribution in [0.2, 0.25) is 5.02 Å². The van der Waals surface area contributed by atoms with Gasteiger partial charge in [0.15, 0.2) is 0 Å². The number of nitrogens with one attached hydrogen (secondary N) is 2. The molecule has 3 heterocycles. The van der Waals surface area contributed by atoms with Crippen molar-refractivity contribution in [2.75, 3.05) is 70.2 Å². The van der Waals surface area contributed by atoms with Gasteiger partial charge in [-0.3, -0.25) is 9.69 Å². The summed E-state index contributed by atoms with van der Waals surface area (Å²) in [7, 11) is 1.61. The summed E-state index contributed by atoms with van der Waals surface area (Å²) in [6.07, 6.45) is 10.5. The number of aromatic nitrogens is 3. The smallest absolute Gasteiger partial charge is 0.229 e. The van der Waals surface area contributed by atoms with Crippen LogP contribution in [0.15, 0.2) is 73.1 Å². The molecule has 2 fully saturated rings. The minimum Gasteiger partial charge on any atom is -0.495 e. The summed E-state index contributed by atoms with van der Waals surface area (Å²) in [6, 6.07) is 19.0. The second-order valence-corrected chi connectivity index (χ2v) is 16.4. The zero-order valence-corrected chi connectivity index (χ0v) is 35.6. The number of halogens is 2. The number of aliphatic hydroxyl groups is 1. The molecule has 1 aliphatic heterocycles. The van der Waals surface area contributed by atoms with Gasteiger partial charge in [0.2, 0.25) is 11.9 Å². The third-order valence-corrected chi connectivity index (χ3v) is 11.7. The van der Waals surface area contributed by atoms with Gasteiger partial charge >= 0.3 is 0 Å². The van der Waals surface area contributed by atoms with E-state index < -0.39 is 5.82 Å². The van der Waals surface area contributed by atoms with E-state index in [1.165, 1.54) is 17.7 Å². The highest BCUT2D eigenvalue weighted by Gasteiger charge is 2.25. The van der Waals surface area contributed by atoms with Gasteiger partial charge in [-0.1, -0.05) is 47.7 Å². The number of fused-ring (bicyclic) bond motifs is 1. The lowest BCUT2D eigenvalue weighted by atomic mass is 9.93. The fourth-order valence-electron chi connectivity index (χ4n) is 8.13. The van der Waals surface area contributed by atoms with Crippen molar-refractivity contribution in [1.29, 1.82) is 0 Å². The molecule has 0 unspecified atom stereocenters. The minimum absolute atomic E-state index is 0.211. The number of rotatable bonds is 18. The molecule has 14 heteroatoms. The van der Waals surface area contributed by atoms with Gasteiger partial charge < -0.3 is 40.4 Å². The van der Waals surface area contributed by atoms with Crippen LogP contribution in [0.5, 0.6) is 5.75 Å². The Bertz CT molecular complexity index is 2280. The Morgan fingerprint density at radius 2 is 1.79 bits per heavy atom. The van der Waals surface area contributed by atoms with E-state index in [-0.39, 0.29) is 24.5 Å². The maximum absolute atomic E-state index is 14.1. The number of aliphatic hydroxyl groups excluding tert-OH is 1. The number of nitrogens with two attached hydrogens (primary N) is 1. The Hall–Kier alpha value is -5.23. The number of piperazine rings is 1. The van der Waals surface area contributed by atoms with E-state index >= 15 is 0 Å². The number of benzene rings is 3. The summed E-state index contributed by atoms with van der Waals surface area (Å²) in [6.45, 7) is 7.74. The molecule has 1 saturated heterocycles. The first-order valence-corrected chi connectivity index (χ1v) is 21.7. The second kappa shape index (κ2) is 21.5. The molecule has 2 aliphatic rings. The lowest BCUT2D eigenvalue weighted by Gasteiger charge is -2.34. The van der Waals surface area contributed by atoms with E-state index in [4.69, 9.17) is 31.8 Å². The predicted molar refractivity (Wildman–Crippen MR) is 240 cm³/mol. The van der Waals surface area contributed by atoms with Crippen LogP contribution >= 0.6 is 11.6 Å². The van der Waals surface area contributed by atoms with Gasteiger partial charge in [-0.05, 0) is 99.0 Å². The minimum atomic E-state index is -0.435. The number of hydrogen-bond acceptors (Lipinski definition) is 10. The molecule has 1 amide bonds. The molecule has 61 heavy (non-hydrogen) atoms. The van der Waals surface area contributed by atoms with Gasteiger partial charge in [0, 0.05) is 98.0 Å². The highest BCUT2D eigenvalue weighted by molar-refractivity contribution is 6.30. The van der Waals surface area contributed by atoms with Gasteiger partial charge in [-0.25, -0.2) is 9.37 Å². The van der Waals surface area contributed by atoms with E-state index in [9.17, 15) is 14.3 Å². The normalized spacial score (nSPS) is 17.2. The molecule has 7 rings (SSSR count). The van der Waals surface area contributed by atoms with Crippen molar-refractivity contribution < 1.29 is 23.8 Å². The number of anilines is 3. The summed E-state index contributed by atoms with van der Waals surface area (Å²) in [5, 5.41) is 17.8. The number of hydrogen-bond donors (Lipinski definition) is 4. The zero-order chi connectivity index (χ0) is 42.6. The number of carbonyl (C=O) groups excluding carboxylic acids is 1. The Labute approximate surface area is 362 Å². The van der Waals surface area contributed by atoms with Crippen LogP contribution in [0, 0.1) is 17.7 Å². The van der Waals surface area contributed by atoms with Gasteiger partial charge in [-0.15, -0.1) is 0 Å². The van der Waals surface area contributed by atoms with E-state index in [0.717, 1.165) is 118 Å². The number of unbranched alkanes of at least 4 members (excludes halogenated alkanes) is 2. The van der Waals surface area contributed by atoms with Crippen LogP contribution < -0.4 is 21.1 Å². The first kappa shape index (κ1) is 43.8. The van der Waals surface area contributed by atoms with E-state index in [2.05, 4.69) is 72.3 Å². The summed E-state index contributed by atoms with van der Waals surface area (Å²) < 4.78 is 27.5. The maximum Gasteiger partial charge on any atom is 0.229 e. The third-order valence-electron chi connectivity index (χ3n) is 11.4. The number of carbonyl (C=O) groups is 1. The molecular weight excluding hydrogens is 795 g/mol. The van der Waals surface area contributed by atoms with Crippen molar-refractivity contribution >= 4 is 45.9 Å². The molecule has 2 aromatic heterocycles. The highest BCUT2D eigenvalue weighted by atomic mass is 35.5. The number of methoxy groups -OCH3 is 1. The van der Waals surface area contributed by atoms with Crippen LogP contribution in [0.4, 0.5) is 21.7 Å². The molecular formula is C47H56ClFN8O4. The van der Waals surface area contributed by atoms with Crippen molar-refractivity contribution in [3.63, 3.8) is 0 Å². The molecule has 12 nitrogen and oxygen atoms in total. The van der Waals surface area contributed by atoms with E-state index in [1.807, 2.05) is 24.4 Å². The average Bonchev–Trinajstić information content (AvgIpc) is 3.62. The first-order valence-electron chi connectivity index (χ1n) is 21.3. The molecule has 322 valence electrons. The quantitative estimate of drug-likeness (QED) is 0.0511. The molecule has 0 radical (unpaired) electrons. The fourth-order valence-corrected chi connectivity index (χ4v) is 8.35. The largest absolute Gasteiger partial charge is 0.495 e. The SMILES string of the molecule is COc1ccc(C#CCOCCCCCN2CCN(Cc3ccc(-c4cn(C5CCC(O)CC5)c5nc(Nc6cc(F)cc(Cl)c6)ncc45)cc3)CC2)cc1NCCC(N)=O. The van der Waals surface area contributed by atoms with Crippen molar-refractivity contribution in [2.45, 2.75) is 70.1 Å². The highest BCUT2D eigenvalue weighted by Crippen LogP contribution is 2.37. The standard InChI is InChI=1S/C47H56ClFN8O4/c1-60-44-16-9-33(26-43(44)51-18-17-45(50)59)6-5-25-61-24-4-2-3-19-55-20-22-56(23-21-55)31-34-7-10-35(11-8-34)42-32-57(39-12-14-40(58)15-13-39)46-41(42)30-52-47(54-46)53-38-28-36(48)27-37(49)29-38/h7-11,16,26-30,32,39-40,51,58H,2-4,12-15,17-25,31H2,1H3,(H2,50,59)(H,52,53,54). The summed E-state index contributed by atoms with van der Waals surface area (Å²) in [5.74, 6) is 6.49. The molecule has 0 atom stereocenters. The number of amides is 1. The molecule has 0 bridgehead atoms. The third kappa shape index (κ3) is 12.4. The van der Waals surface area contributed by atoms with E-state index in [1.54, 1.807) is 13.2 Å². The summed E-state index contributed by atoms with van der Waals surface area (Å²) in [4.78, 5) is 25.7. The summed E-state index contributed by atoms with van der Waals surface area (Å²) >= 11 is 6.10. The molecule has 5 aromatic rings. The maximum atomic E-state index is 14.1. The van der Waals surface area contributed by atoms with Crippen LogP contribution in [0.1, 0.15) is 68.5 Å². The van der Waals surface area contributed by atoms with E-state index in [0.29, 0.717) is 42.2 Å². The second-order valence-electron chi connectivity index (χ2n) is 15.9. The molecule has 1 saturated carbocycles. The monoisotopic (exact) mass is 850 g/mol. The van der Waals surface area contributed by atoms with Gasteiger partial charge in [-0.2, -0.15) is 4.98 Å². The van der Waals surface area contributed by atoms with Crippen molar-refractivity contribution in [1.82, 2.24) is 24.3 Å². The van der Waals surface area contributed by atoms with Crippen LogP contribution in [-0.2, 0) is 16.1 Å². The van der Waals surface area contributed by atoms with Crippen LogP contribution in [0.3, 0.4) is 0 Å². The number of primary amides is 1. The Balaban J connectivity index is 0.845. The van der Waals surface area contributed by atoms with Crippen molar-refractivity contribution in [2.24, 2.45) is 5.73 Å². The van der Waals surface area contributed by atoms with Gasteiger partial charge in [0.05, 0.1) is 18.9 Å². The van der Waals surface area contributed by atoms with Gasteiger partial charge in [0.25, 0.3) is 0 Å².